The van der Waals surface area contributed by atoms with Gasteiger partial charge in [-0.3, -0.25) is 4.90 Å². The number of hydrogen-bond acceptors (Lipinski definition) is 4. The molecule has 1 aliphatic carbocycles. The number of aliphatic hydroxyl groups excluding tert-OH is 2. The van der Waals surface area contributed by atoms with E-state index in [4.69, 9.17) is 0 Å². The molecule has 1 saturated heterocycles. The molecule has 3 N–H and O–H groups in total. The number of phenolic OH excluding ortho intramolecular Hbond substituents is 1. The van der Waals surface area contributed by atoms with Crippen LogP contribution in [0.1, 0.15) is 38.9 Å². The monoisotopic (exact) mass is 371 g/mol. The minimum Gasteiger partial charge on any atom is -0.508 e. The summed E-state index contributed by atoms with van der Waals surface area (Å²) in [6.07, 6.45) is 1.15. The average molecular weight is 372 g/mol. The average Bonchev–Trinajstić information content (AvgIpc) is 3.20. The van der Waals surface area contributed by atoms with Crippen molar-refractivity contribution >= 4 is 0 Å². The molecule has 0 aromatic heterocycles. The predicted octanol–water partition coefficient (Wildman–Crippen LogP) is 3.84. The van der Waals surface area contributed by atoms with Gasteiger partial charge < -0.3 is 15.3 Å². The van der Waals surface area contributed by atoms with Gasteiger partial charge in [0.2, 0.25) is 0 Å². The Morgan fingerprint density at radius 1 is 0.889 bits per heavy atom. The quantitative estimate of drug-likeness (QED) is 0.767. The molecule has 1 aliphatic heterocycles. The molecule has 0 spiro atoms. The van der Waals surface area contributed by atoms with Crippen LogP contribution in [0.3, 0.4) is 0 Å². The normalized spacial score (nSPS) is 26.3. The number of phenols is 1. The van der Waals surface area contributed by atoms with Gasteiger partial charge in [-0.1, -0.05) is 56.0 Å². The van der Waals surface area contributed by atoms with E-state index < -0.39 is 6.10 Å². The van der Waals surface area contributed by atoms with E-state index in [1.54, 1.807) is 24.3 Å². The van der Waals surface area contributed by atoms with E-state index in [9.17, 15) is 15.3 Å². The maximum atomic E-state index is 10.5. The Labute approximate surface area is 163 Å². The van der Waals surface area contributed by atoms with Gasteiger partial charge in [0.15, 0.2) is 0 Å². The summed E-state index contributed by atoms with van der Waals surface area (Å²) in [6.45, 7) is 3.99. The minimum absolute atomic E-state index is 0. The molecule has 2 aromatic rings. The third kappa shape index (κ3) is 5.55. The number of hydrogen-bond donors (Lipinski definition) is 3. The van der Waals surface area contributed by atoms with Crippen molar-refractivity contribution in [3.8, 4) is 5.75 Å². The van der Waals surface area contributed by atoms with Crippen LogP contribution in [0.25, 0.3) is 0 Å². The second kappa shape index (κ2) is 9.88. The second-order valence-electron chi connectivity index (χ2n) is 7.53. The van der Waals surface area contributed by atoms with Crippen molar-refractivity contribution in [1.82, 2.24) is 4.90 Å². The molecule has 1 heterocycles. The van der Waals surface area contributed by atoms with E-state index in [2.05, 4.69) is 11.8 Å². The van der Waals surface area contributed by atoms with Crippen molar-refractivity contribution in [1.29, 1.82) is 0 Å². The van der Waals surface area contributed by atoms with Crippen molar-refractivity contribution in [3.63, 3.8) is 0 Å². The second-order valence-corrected chi connectivity index (χ2v) is 7.53. The van der Waals surface area contributed by atoms with Crippen LogP contribution in [-0.4, -0.2) is 45.5 Å². The highest BCUT2D eigenvalue weighted by Gasteiger charge is 2.42. The first-order valence-corrected chi connectivity index (χ1v) is 9.43. The lowest BCUT2D eigenvalue weighted by Crippen LogP contribution is -2.36. The van der Waals surface area contributed by atoms with Gasteiger partial charge in [-0.05, 0) is 49.3 Å². The molecule has 4 heteroatoms. The summed E-state index contributed by atoms with van der Waals surface area (Å²) < 4.78 is 0. The zero-order valence-electron chi connectivity index (χ0n) is 15.3. The van der Waals surface area contributed by atoms with Crippen molar-refractivity contribution in [2.45, 2.75) is 45.4 Å². The van der Waals surface area contributed by atoms with Crippen molar-refractivity contribution in [2.24, 2.45) is 11.8 Å². The Morgan fingerprint density at radius 2 is 1.33 bits per heavy atom. The molecule has 4 atom stereocenters. The fourth-order valence-corrected chi connectivity index (χ4v) is 4.17. The van der Waals surface area contributed by atoms with Gasteiger partial charge in [0.05, 0.1) is 12.2 Å². The third-order valence-corrected chi connectivity index (χ3v) is 5.69. The minimum atomic E-state index is -0.542. The van der Waals surface area contributed by atoms with Crippen LogP contribution in [0.4, 0.5) is 0 Å². The number of fused-ring (bicyclic) bond motifs is 1. The molecule has 0 radical (unpaired) electrons. The fraction of sp³-hybridized carbons (Fsp3) is 0.478. The first-order chi connectivity index (χ1) is 12.5. The van der Waals surface area contributed by atoms with E-state index in [-0.39, 0.29) is 25.3 Å². The molecule has 27 heavy (non-hydrogen) atoms. The number of aliphatic hydroxyl groups is 2. The maximum Gasteiger partial charge on any atom is 0.115 e. The van der Waals surface area contributed by atoms with Crippen LogP contribution in [-0.2, 0) is 0 Å². The number of likely N-dealkylation sites (tertiary alicyclic amines) is 1. The summed E-state index contributed by atoms with van der Waals surface area (Å²) in [6, 6.07) is 18.8. The number of rotatable bonds is 3. The van der Waals surface area contributed by atoms with E-state index in [0.717, 1.165) is 31.5 Å². The summed E-state index contributed by atoms with van der Waals surface area (Å²) in [5, 5.41) is 29.5. The summed E-state index contributed by atoms with van der Waals surface area (Å²) in [7, 11) is 0. The molecule has 2 aromatic carbocycles. The van der Waals surface area contributed by atoms with Crippen LogP contribution in [0, 0.1) is 11.8 Å². The summed E-state index contributed by atoms with van der Waals surface area (Å²) in [5.74, 6) is 1.39. The number of benzene rings is 2. The standard InChI is InChI=1S/C16H23NO3.C6H6.CH4/c1-10(16(20)11-2-4-14(18)5-3-11)17-8-12-6-15(19)7-13(12)9-17;1-2-4-6-5-3-1;/h2-5,10,12-13,15-16,18-20H,6-9H2,1H3;1-6H;1H4. The molecular formula is C23H33NO3. The molecule has 4 unspecified atom stereocenters. The fourth-order valence-electron chi connectivity index (χ4n) is 4.17. The van der Waals surface area contributed by atoms with Crippen LogP contribution in [0.2, 0.25) is 0 Å². The molecule has 4 nitrogen and oxygen atoms in total. The van der Waals surface area contributed by atoms with Gasteiger partial charge in [-0.2, -0.15) is 0 Å². The lowest BCUT2D eigenvalue weighted by molar-refractivity contribution is 0.0626. The lowest BCUT2D eigenvalue weighted by Gasteiger charge is -2.29. The van der Waals surface area contributed by atoms with Gasteiger partial charge in [-0.25, -0.2) is 0 Å². The Kier molecular flexibility index (Phi) is 7.84. The number of aromatic hydroxyl groups is 1. The molecule has 2 aliphatic rings. The highest BCUT2D eigenvalue weighted by molar-refractivity contribution is 5.28. The molecule has 0 amide bonds. The first kappa shape index (κ1) is 21.4. The van der Waals surface area contributed by atoms with Crippen LogP contribution < -0.4 is 0 Å². The maximum absolute atomic E-state index is 10.5. The van der Waals surface area contributed by atoms with E-state index in [1.807, 2.05) is 36.4 Å². The van der Waals surface area contributed by atoms with Gasteiger partial charge in [-0.15, -0.1) is 0 Å². The molecule has 2 fully saturated rings. The summed E-state index contributed by atoms with van der Waals surface area (Å²) in [5.41, 5.74) is 0.840. The molecule has 0 bridgehead atoms. The first-order valence-electron chi connectivity index (χ1n) is 9.43. The summed E-state index contributed by atoms with van der Waals surface area (Å²) >= 11 is 0. The zero-order chi connectivity index (χ0) is 18.5. The van der Waals surface area contributed by atoms with Crippen molar-refractivity contribution in [2.75, 3.05) is 13.1 Å². The smallest absolute Gasteiger partial charge is 0.115 e. The topological polar surface area (TPSA) is 63.9 Å². The lowest BCUT2D eigenvalue weighted by atomic mass is 10.0. The molecule has 148 valence electrons. The van der Waals surface area contributed by atoms with Gasteiger partial charge in [0.25, 0.3) is 0 Å². The predicted molar refractivity (Wildman–Crippen MR) is 109 cm³/mol. The Balaban J connectivity index is 0.000000320. The Hall–Kier alpha value is -1.88. The van der Waals surface area contributed by atoms with Crippen LogP contribution in [0.15, 0.2) is 60.7 Å². The SMILES string of the molecule is C.CC(C(O)c1ccc(O)cc1)N1CC2CC(O)CC2C1.c1ccccc1. The van der Waals surface area contributed by atoms with Gasteiger partial charge >= 0.3 is 0 Å². The van der Waals surface area contributed by atoms with Crippen molar-refractivity contribution in [3.05, 3.63) is 66.2 Å². The van der Waals surface area contributed by atoms with Gasteiger partial charge in [0.1, 0.15) is 5.75 Å². The number of nitrogens with zero attached hydrogens (tertiary/aromatic N) is 1. The van der Waals surface area contributed by atoms with Gasteiger partial charge in [0, 0.05) is 19.1 Å². The summed E-state index contributed by atoms with van der Waals surface area (Å²) in [4.78, 5) is 2.33. The van der Waals surface area contributed by atoms with Crippen LogP contribution >= 0.6 is 0 Å². The van der Waals surface area contributed by atoms with Crippen LogP contribution in [0.5, 0.6) is 5.75 Å². The largest absolute Gasteiger partial charge is 0.508 e. The molecular weight excluding hydrogens is 338 g/mol. The van der Waals surface area contributed by atoms with Crippen molar-refractivity contribution < 1.29 is 15.3 Å². The van der Waals surface area contributed by atoms with E-state index >= 15 is 0 Å². The highest BCUT2D eigenvalue weighted by atomic mass is 16.3. The Morgan fingerprint density at radius 3 is 1.78 bits per heavy atom. The van der Waals surface area contributed by atoms with E-state index in [0.29, 0.717) is 11.8 Å². The molecule has 4 rings (SSSR count). The highest BCUT2D eigenvalue weighted by Crippen LogP contribution is 2.40. The van der Waals surface area contributed by atoms with E-state index in [1.165, 1.54) is 0 Å². The third-order valence-electron chi connectivity index (χ3n) is 5.69. The zero-order valence-corrected chi connectivity index (χ0v) is 15.3. The molecule has 1 saturated carbocycles. The Bertz CT molecular complexity index is 620.